The van der Waals surface area contributed by atoms with E-state index in [0.29, 0.717) is 13.0 Å². The number of methoxy groups -OCH3 is 1. The molecular weight excluding hydrogens is 230 g/mol. The first-order valence-electron chi connectivity index (χ1n) is 6.25. The second kappa shape index (κ2) is 8.66. The predicted octanol–water partition coefficient (Wildman–Crippen LogP) is 1.98. The van der Waals surface area contributed by atoms with Gasteiger partial charge in [0, 0.05) is 32.4 Å². The fourth-order valence-corrected chi connectivity index (χ4v) is 1.69. The number of nitrogens with one attached hydrogen (secondary N) is 1. The van der Waals surface area contributed by atoms with Crippen molar-refractivity contribution in [1.82, 2.24) is 0 Å². The van der Waals surface area contributed by atoms with E-state index in [1.807, 2.05) is 24.3 Å². The highest BCUT2D eigenvalue weighted by atomic mass is 16.5. The van der Waals surface area contributed by atoms with Gasteiger partial charge in [0.25, 0.3) is 0 Å². The van der Waals surface area contributed by atoms with Crippen molar-refractivity contribution in [3.8, 4) is 0 Å². The largest absolute Gasteiger partial charge is 0.396 e. The summed E-state index contributed by atoms with van der Waals surface area (Å²) in [7, 11) is 1.63. The molecule has 1 aromatic carbocycles. The van der Waals surface area contributed by atoms with Gasteiger partial charge >= 0.3 is 0 Å². The highest BCUT2D eigenvalue weighted by molar-refractivity contribution is 5.90. The first-order valence-corrected chi connectivity index (χ1v) is 6.25. The summed E-state index contributed by atoms with van der Waals surface area (Å²) < 4.78 is 4.90. The predicted molar refractivity (Wildman–Crippen MR) is 71.6 cm³/mol. The molecule has 1 amide bonds. The fourth-order valence-electron chi connectivity index (χ4n) is 1.69. The van der Waals surface area contributed by atoms with Gasteiger partial charge in [-0.05, 0) is 37.0 Å². The van der Waals surface area contributed by atoms with Gasteiger partial charge in [0.05, 0.1) is 0 Å². The third-order valence-corrected chi connectivity index (χ3v) is 2.59. The van der Waals surface area contributed by atoms with Crippen molar-refractivity contribution in [3.63, 3.8) is 0 Å². The molecule has 0 unspecified atom stereocenters. The Bertz CT molecular complexity index is 366. The number of aryl methyl sites for hydroxylation is 1. The van der Waals surface area contributed by atoms with Gasteiger partial charge in [-0.3, -0.25) is 4.79 Å². The Kier molecular flexibility index (Phi) is 7.06. The summed E-state index contributed by atoms with van der Waals surface area (Å²) in [6.07, 6.45) is 2.76. The third kappa shape index (κ3) is 5.80. The van der Waals surface area contributed by atoms with Crippen molar-refractivity contribution in [3.05, 3.63) is 29.8 Å². The zero-order valence-corrected chi connectivity index (χ0v) is 10.8. The Morgan fingerprint density at radius 3 is 2.94 bits per heavy atom. The van der Waals surface area contributed by atoms with Crippen LogP contribution in [0.4, 0.5) is 5.69 Å². The number of anilines is 1. The van der Waals surface area contributed by atoms with Gasteiger partial charge < -0.3 is 15.2 Å². The average molecular weight is 251 g/mol. The lowest BCUT2D eigenvalue weighted by Gasteiger charge is -2.07. The Labute approximate surface area is 108 Å². The van der Waals surface area contributed by atoms with Gasteiger partial charge in [0.15, 0.2) is 0 Å². The van der Waals surface area contributed by atoms with Crippen molar-refractivity contribution in [2.24, 2.45) is 0 Å². The van der Waals surface area contributed by atoms with Crippen LogP contribution in [0.1, 0.15) is 24.8 Å². The van der Waals surface area contributed by atoms with Gasteiger partial charge in [-0.25, -0.2) is 0 Å². The lowest BCUT2D eigenvalue weighted by atomic mass is 10.1. The van der Waals surface area contributed by atoms with Crippen LogP contribution in [0.25, 0.3) is 0 Å². The van der Waals surface area contributed by atoms with E-state index in [9.17, 15) is 4.79 Å². The van der Waals surface area contributed by atoms with Crippen LogP contribution < -0.4 is 5.32 Å². The average Bonchev–Trinajstić information content (AvgIpc) is 2.37. The molecule has 0 radical (unpaired) electrons. The fraction of sp³-hybridized carbons (Fsp3) is 0.500. The van der Waals surface area contributed by atoms with Gasteiger partial charge in [0.1, 0.15) is 0 Å². The summed E-state index contributed by atoms with van der Waals surface area (Å²) in [6, 6.07) is 7.73. The Hall–Kier alpha value is -1.39. The lowest BCUT2D eigenvalue weighted by Crippen LogP contribution is -2.12. The van der Waals surface area contributed by atoms with Crippen LogP contribution in [0.5, 0.6) is 0 Å². The number of carbonyl (C=O) groups excluding carboxylic acids is 1. The van der Waals surface area contributed by atoms with E-state index in [0.717, 1.165) is 30.5 Å². The van der Waals surface area contributed by atoms with Gasteiger partial charge in [-0.15, -0.1) is 0 Å². The SMILES string of the molecule is COCCCC(=O)Nc1cccc(CCCO)c1. The molecule has 0 saturated heterocycles. The quantitative estimate of drug-likeness (QED) is 0.694. The van der Waals surface area contributed by atoms with Crippen LogP contribution in [0, 0.1) is 0 Å². The second-order valence-electron chi connectivity index (χ2n) is 4.17. The summed E-state index contributed by atoms with van der Waals surface area (Å²) >= 11 is 0. The smallest absolute Gasteiger partial charge is 0.224 e. The van der Waals surface area contributed by atoms with Crippen LogP contribution in [-0.2, 0) is 16.0 Å². The summed E-state index contributed by atoms with van der Waals surface area (Å²) in [5.74, 6) is 0.00589. The molecule has 0 aliphatic carbocycles. The van der Waals surface area contributed by atoms with Crippen molar-refractivity contribution in [2.75, 3.05) is 25.6 Å². The monoisotopic (exact) mass is 251 g/mol. The van der Waals surface area contributed by atoms with Crippen molar-refractivity contribution in [2.45, 2.75) is 25.7 Å². The summed E-state index contributed by atoms with van der Waals surface area (Å²) in [4.78, 5) is 11.6. The molecule has 0 aliphatic heterocycles. The van der Waals surface area contributed by atoms with Gasteiger partial charge in [-0.1, -0.05) is 12.1 Å². The number of hydrogen-bond donors (Lipinski definition) is 2. The van der Waals surface area contributed by atoms with E-state index in [4.69, 9.17) is 9.84 Å². The molecule has 0 heterocycles. The highest BCUT2D eigenvalue weighted by Gasteiger charge is 2.02. The van der Waals surface area contributed by atoms with E-state index in [2.05, 4.69) is 5.32 Å². The number of aliphatic hydroxyl groups is 1. The van der Waals surface area contributed by atoms with Gasteiger partial charge in [0.2, 0.25) is 5.91 Å². The number of hydrogen-bond acceptors (Lipinski definition) is 3. The topological polar surface area (TPSA) is 58.6 Å². The maximum absolute atomic E-state index is 11.6. The molecule has 4 heteroatoms. The zero-order valence-electron chi connectivity index (χ0n) is 10.8. The highest BCUT2D eigenvalue weighted by Crippen LogP contribution is 2.12. The standard InChI is InChI=1S/C14H21NO3/c1-18-10-4-8-14(17)15-13-7-2-5-12(11-13)6-3-9-16/h2,5,7,11,16H,3-4,6,8-10H2,1H3,(H,15,17). The normalized spacial score (nSPS) is 10.3. The van der Waals surface area contributed by atoms with Crippen LogP contribution in [-0.4, -0.2) is 31.3 Å². The molecule has 0 fully saturated rings. The number of aliphatic hydroxyl groups excluding tert-OH is 1. The minimum absolute atomic E-state index is 0.00589. The number of carbonyl (C=O) groups is 1. The molecule has 0 saturated carbocycles. The van der Waals surface area contributed by atoms with E-state index < -0.39 is 0 Å². The second-order valence-corrected chi connectivity index (χ2v) is 4.17. The Balaban J connectivity index is 2.43. The first-order chi connectivity index (χ1) is 8.76. The minimum atomic E-state index is 0.00589. The molecule has 0 spiro atoms. The van der Waals surface area contributed by atoms with E-state index in [1.165, 1.54) is 0 Å². The molecule has 0 aliphatic rings. The summed E-state index contributed by atoms with van der Waals surface area (Å²) in [6.45, 7) is 0.789. The maximum Gasteiger partial charge on any atom is 0.224 e. The number of benzene rings is 1. The molecule has 1 aromatic rings. The number of amides is 1. The molecule has 0 atom stereocenters. The first kappa shape index (κ1) is 14.7. The van der Waals surface area contributed by atoms with Crippen LogP contribution >= 0.6 is 0 Å². The molecule has 1 rings (SSSR count). The Morgan fingerprint density at radius 1 is 1.39 bits per heavy atom. The molecule has 18 heavy (non-hydrogen) atoms. The summed E-state index contributed by atoms with van der Waals surface area (Å²) in [5, 5.41) is 11.6. The van der Waals surface area contributed by atoms with E-state index in [-0.39, 0.29) is 12.5 Å². The van der Waals surface area contributed by atoms with Gasteiger partial charge in [-0.2, -0.15) is 0 Å². The molecule has 0 aromatic heterocycles. The molecule has 0 bridgehead atoms. The minimum Gasteiger partial charge on any atom is -0.396 e. The number of rotatable bonds is 8. The molecule has 4 nitrogen and oxygen atoms in total. The van der Waals surface area contributed by atoms with Crippen LogP contribution in [0.15, 0.2) is 24.3 Å². The molecular formula is C14H21NO3. The van der Waals surface area contributed by atoms with Crippen LogP contribution in [0.3, 0.4) is 0 Å². The summed E-state index contributed by atoms with van der Waals surface area (Å²) in [5.41, 5.74) is 1.94. The number of ether oxygens (including phenoxy) is 1. The lowest BCUT2D eigenvalue weighted by molar-refractivity contribution is -0.116. The van der Waals surface area contributed by atoms with Crippen molar-refractivity contribution < 1.29 is 14.6 Å². The van der Waals surface area contributed by atoms with Crippen molar-refractivity contribution >= 4 is 11.6 Å². The molecule has 100 valence electrons. The maximum atomic E-state index is 11.6. The molecule has 2 N–H and O–H groups in total. The zero-order chi connectivity index (χ0) is 13.2. The van der Waals surface area contributed by atoms with E-state index >= 15 is 0 Å². The Morgan fingerprint density at radius 2 is 2.22 bits per heavy atom. The van der Waals surface area contributed by atoms with Crippen molar-refractivity contribution in [1.29, 1.82) is 0 Å². The van der Waals surface area contributed by atoms with E-state index in [1.54, 1.807) is 7.11 Å². The third-order valence-electron chi connectivity index (χ3n) is 2.59. The van der Waals surface area contributed by atoms with Crippen LogP contribution in [0.2, 0.25) is 0 Å².